The smallest absolute Gasteiger partial charge is 0.161 e. The molecule has 0 saturated carbocycles. The third-order valence-electron chi connectivity index (χ3n) is 2.68. The van der Waals surface area contributed by atoms with Gasteiger partial charge in [-0.05, 0) is 36.8 Å². The van der Waals surface area contributed by atoms with E-state index in [1.165, 1.54) is 0 Å². The van der Waals surface area contributed by atoms with E-state index in [2.05, 4.69) is 21.2 Å². The Labute approximate surface area is 121 Å². The molecular formula is C15H16BrNO2. The summed E-state index contributed by atoms with van der Waals surface area (Å²) in [4.78, 5) is 0. The van der Waals surface area contributed by atoms with Crippen molar-refractivity contribution in [2.45, 2.75) is 13.5 Å². The summed E-state index contributed by atoms with van der Waals surface area (Å²) in [6.45, 7) is 3.08. The minimum atomic E-state index is 0.150. The first kappa shape index (κ1) is 13.7. The summed E-state index contributed by atoms with van der Waals surface area (Å²) >= 11 is 3.45. The highest BCUT2D eigenvalue weighted by Gasteiger charge is 2.08. The van der Waals surface area contributed by atoms with Crippen molar-refractivity contribution >= 4 is 21.6 Å². The average Bonchev–Trinajstić information content (AvgIpc) is 2.42. The normalized spacial score (nSPS) is 10.2. The number of nitrogens with one attached hydrogen (secondary N) is 1. The maximum absolute atomic E-state index is 9.76. The quantitative estimate of drug-likeness (QED) is 0.868. The van der Waals surface area contributed by atoms with E-state index in [9.17, 15) is 5.11 Å². The Morgan fingerprint density at radius 3 is 2.63 bits per heavy atom. The summed E-state index contributed by atoms with van der Waals surface area (Å²) in [5.41, 5.74) is 2.09. The minimum Gasteiger partial charge on any atom is -0.504 e. The van der Waals surface area contributed by atoms with Gasteiger partial charge in [-0.2, -0.15) is 0 Å². The fraction of sp³-hybridized carbons (Fsp3) is 0.200. The first-order valence-electron chi connectivity index (χ1n) is 6.13. The molecule has 0 aliphatic rings. The van der Waals surface area contributed by atoms with Crippen LogP contribution < -0.4 is 10.1 Å². The minimum absolute atomic E-state index is 0.150. The van der Waals surface area contributed by atoms with E-state index < -0.39 is 0 Å². The molecule has 0 atom stereocenters. The van der Waals surface area contributed by atoms with Crippen LogP contribution in [0.1, 0.15) is 12.5 Å². The molecule has 2 aromatic carbocycles. The number of phenolic OH excluding ortho intramolecular Hbond substituents is 1. The van der Waals surface area contributed by atoms with E-state index in [0.29, 0.717) is 18.9 Å². The molecule has 0 radical (unpaired) electrons. The van der Waals surface area contributed by atoms with Crippen molar-refractivity contribution in [3.63, 3.8) is 0 Å². The van der Waals surface area contributed by atoms with Crippen LogP contribution in [0.5, 0.6) is 11.5 Å². The summed E-state index contributed by atoms with van der Waals surface area (Å²) in [5, 5.41) is 13.1. The zero-order valence-corrected chi connectivity index (χ0v) is 12.3. The van der Waals surface area contributed by atoms with Crippen LogP contribution in [-0.4, -0.2) is 11.7 Å². The molecule has 0 saturated heterocycles. The van der Waals surface area contributed by atoms with Gasteiger partial charge in [-0.15, -0.1) is 0 Å². The SMILES string of the molecule is CCOc1cc(CNc2ccccc2)c(Br)cc1O. The van der Waals surface area contributed by atoms with Crippen LogP contribution in [0.15, 0.2) is 46.9 Å². The summed E-state index contributed by atoms with van der Waals surface area (Å²) < 4.78 is 6.24. The second-order valence-corrected chi connectivity index (χ2v) is 4.92. The molecule has 0 heterocycles. The van der Waals surface area contributed by atoms with Gasteiger partial charge in [0, 0.05) is 16.7 Å². The summed E-state index contributed by atoms with van der Waals surface area (Å²) in [5.74, 6) is 0.660. The molecule has 0 fully saturated rings. The first-order chi connectivity index (χ1) is 9.20. The van der Waals surface area contributed by atoms with E-state index in [1.807, 2.05) is 43.3 Å². The number of anilines is 1. The van der Waals surface area contributed by atoms with Gasteiger partial charge in [0.2, 0.25) is 0 Å². The average molecular weight is 322 g/mol. The summed E-state index contributed by atoms with van der Waals surface area (Å²) in [6.07, 6.45) is 0. The van der Waals surface area contributed by atoms with Crippen molar-refractivity contribution in [1.82, 2.24) is 0 Å². The Balaban J connectivity index is 2.13. The van der Waals surface area contributed by atoms with Crippen molar-refractivity contribution in [2.24, 2.45) is 0 Å². The van der Waals surface area contributed by atoms with Crippen molar-refractivity contribution in [1.29, 1.82) is 0 Å². The number of phenols is 1. The molecule has 0 amide bonds. The second-order valence-electron chi connectivity index (χ2n) is 4.06. The largest absolute Gasteiger partial charge is 0.504 e. The second kappa shape index (κ2) is 6.48. The van der Waals surface area contributed by atoms with Gasteiger partial charge >= 0.3 is 0 Å². The number of aromatic hydroxyl groups is 1. The van der Waals surface area contributed by atoms with Gasteiger partial charge in [-0.1, -0.05) is 34.1 Å². The molecule has 0 aliphatic heterocycles. The van der Waals surface area contributed by atoms with Crippen LogP contribution in [0.4, 0.5) is 5.69 Å². The van der Waals surface area contributed by atoms with Crippen molar-refractivity contribution in [3.8, 4) is 11.5 Å². The first-order valence-corrected chi connectivity index (χ1v) is 6.93. The predicted molar refractivity (Wildman–Crippen MR) is 80.7 cm³/mol. The number of hydrogen-bond acceptors (Lipinski definition) is 3. The molecule has 0 aromatic heterocycles. The molecule has 2 aromatic rings. The lowest BCUT2D eigenvalue weighted by atomic mass is 10.2. The number of rotatable bonds is 5. The molecule has 4 heteroatoms. The monoisotopic (exact) mass is 321 g/mol. The van der Waals surface area contributed by atoms with Crippen LogP contribution in [0.2, 0.25) is 0 Å². The lowest BCUT2D eigenvalue weighted by Gasteiger charge is -2.12. The molecule has 0 aliphatic carbocycles. The van der Waals surface area contributed by atoms with E-state index in [1.54, 1.807) is 6.07 Å². The fourth-order valence-electron chi connectivity index (χ4n) is 1.74. The Morgan fingerprint density at radius 1 is 1.21 bits per heavy atom. The third-order valence-corrected chi connectivity index (χ3v) is 3.42. The van der Waals surface area contributed by atoms with Crippen LogP contribution in [0, 0.1) is 0 Å². The van der Waals surface area contributed by atoms with Gasteiger partial charge in [0.1, 0.15) is 0 Å². The van der Waals surface area contributed by atoms with Gasteiger partial charge in [0.15, 0.2) is 11.5 Å². The van der Waals surface area contributed by atoms with Gasteiger partial charge in [0.25, 0.3) is 0 Å². The number of benzene rings is 2. The summed E-state index contributed by atoms with van der Waals surface area (Å²) in [6, 6.07) is 13.5. The lowest BCUT2D eigenvalue weighted by Crippen LogP contribution is -2.01. The molecule has 0 bridgehead atoms. The molecule has 2 N–H and O–H groups in total. The maximum atomic E-state index is 9.76. The highest BCUT2D eigenvalue weighted by Crippen LogP contribution is 2.33. The number of ether oxygens (including phenoxy) is 1. The number of halogens is 1. The van der Waals surface area contributed by atoms with Crippen LogP contribution >= 0.6 is 15.9 Å². The molecule has 100 valence electrons. The van der Waals surface area contributed by atoms with E-state index in [-0.39, 0.29) is 5.75 Å². The molecule has 3 nitrogen and oxygen atoms in total. The van der Waals surface area contributed by atoms with Crippen molar-refractivity contribution < 1.29 is 9.84 Å². The van der Waals surface area contributed by atoms with Gasteiger partial charge in [0.05, 0.1) is 6.61 Å². The lowest BCUT2D eigenvalue weighted by molar-refractivity contribution is 0.317. The Bertz CT molecular complexity index is 543. The van der Waals surface area contributed by atoms with Crippen LogP contribution in [0.25, 0.3) is 0 Å². The zero-order valence-electron chi connectivity index (χ0n) is 10.7. The molecule has 19 heavy (non-hydrogen) atoms. The fourth-order valence-corrected chi connectivity index (χ4v) is 2.22. The van der Waals surface area contributed by atoms with Gasteiger partial charge < -0.3 is 15.2 Å². The molecule has 2 rings (SSSR count). The standard InChI is InChI=1S/C15H16BrNO2/c1-2-19-15-8-11(13(16)9-14(15)18)10-17-12-6-4-3-5-7-12/h3-9,17-18H,2,10H2,1H3. The predicted octanol–water partition coefficient (Wildman–Crippen LogP) is 4.17. The highest BCUT2D eigenvalue weighted by atomic mass is 79.9. The Kier molecular flexibility index (Phi) is 4.68. The van der Waals surface area contributed by atoms with Gasteiger partial charge in [-0.3, -0.25) is 0 Å². The molecule has 0 unspecified atom stereocenters. The van der Waals surface area contributed by atoms with Crippen molar-refractivity contribution in [3.05, 3.63) is 52.5 Å². The number of hydrogen-bond donors (Lipinski definition) is 2. The van der Waals surface area contributed by atoms with Crippen LogP contribution in [0.3, 0.4) is 0 Å². The highest BCUT2D eigenvalue weighted by molar-refractivity contribution is 9.10. The summed E-state index contributed by atoms with van der Waals surface area (Å²) in [7, 11) is 0. The molecular weight excluding hydrogens is 306 g/mol. The van der Waals surface area contributed by atoms with E-state index >= 15 is 0 Å². The topological polar surface area (TPSA) is 41.5 Å². The van der Waals surface area contributed by atoms with Crippen LogP contribution in [-0.2, 0) is 6.54 Å². The van der Waals surface area contributed by atoms with Crippen molar-refractivity contribution in [2.75, 3.05) is 11.9 Å². The zero-order chi connectivity index (χ0) is 13.7. The number of para-hydroxylation sites is 1. The van der Waals surface area contributed by atoms with E-state index in [4.69, 9.17) is 4.74 Å². The maximum Gasteiger partial charge on any atom is 0.161 e. The Morgan fingerprint density at radius 2 is 1.95 bits per heavy atom. The van der Waals surface area contributed by atoms with E-state index in [0.717, 1.165) is 15.7 Å². The van der Waals surface area contributed by atoms with Gasteiger partial charge in [-0.25, -0.2) is 0 Å². The molecule has 0 spiro atoms. The third kappa shape index (κ3) is 3.64. The Hall–Kier alpha value is -1.68.